The summed E-state index contributed by atoms with van der Waals surface area (Å²) >= 11 is 0. The summed E-state index contributed by atoms with van der Waals surface area (Å²) in [6.45, 7) is 2.59. The van der Waals surface area contributed by atoms with Crippen molar-refractivity contribution in [2.24, 2.45) is 0 Å². The first-order chi connectivity index (χ1) is 10.2. The van der Waals surface area contributed by atoms with E-state index in [0.717, 1.165) is 29.9 Å². The minimum absolute atomic E-state index is 0.0577. The van der Waals surface area contributed by atoms with Crippen LogP contribution < -0.4 is 5.32 Å². The zero-order chi connectivity index (χ0) is 14.7. The van der Waals surface area contributed by atoms with Crippen molar-refractivity contribution in [2.45, 2.75) is 31.9 Å². The van der Waals surface area contributed by atoms with Gasteiger partial charge in [0, 0.05) is 6.61 Å². The number of rotatable bonds is 4. The average molecular weight is 285 g/mol. The molecule has 2 N–H and O–H groups in total. The minimum atomic E-state index is -0.309. The Labute approximate surface area is 123 Å². The first kappa shape index (κ1) is 13.8. The molecule has 0 bridgehead atoms. The van der Waals surface area contributed by atoms with E-state index in [0.29, 0.717) is 6.61 Å². The fourth-order valence-corrected chi connectivity index (χ4v) is 2.48. The number of hydrogen-bond acceptors (Lipinski definition) is 3. The highest BCUT2D eigenvalue weighted by atomic mass is 16.5. The zero-order valence-corrected chi connectivity index (χ0v) is 12.0. The Kier molecular flexibility index (Phi) is 4.01. The summed E-state index contributed by atoms with van der Waals surface area (Å²) in [6, 6.07) is 9.82. The van der Waals surface area contributed by atoms with Crippen LogP contribution in [-0.4, -0.2) is 28.6 Å². The molecule has 1 saturated heterocycles. The fourth-order valence-electron chi connectivity index (χ4n) is 2.48. The predicted molar refractivity (Wildman–Crippen MR) is 79.6 cm³/mol. The number of carbonyl (C=O) groups excluding carboxylic acids is 1. The van der Waals surface area contributed by atoms with E-state index in [1.807, 2.05) is 37.3 Å². The Hall–Kier alpha value is -2.14. The monoisotopic (exact) mass is 285 g/mol. The molecule has 110 valence electrons. The van der Waals surface area contributed by atoms with E-state index in [2.05, 4.69) is 15.3 Å². The molecule has 2 aromatic rings. The van der Waals surface area contributed by atoms with Gasteiger partial charge < -0.3 is 15.0 Å². The molecule has 0 radical (unpaired) electrons. The summed E-state index contributed by atoms with van der Waals surface area (Å²) in [5.41, 5.74) is 2.03. The molecule has 1 fully saturated rings. The van der Waals surface area contributed by atoms with E-state index < -0.39 is 0 Å². The van der Waals surface area contributed by atoms with Crippen molar-refractivity contribution >= 4 is 5.91 Å². The van der Waals surface area contributed by atoms with Crippen LogP contribution in [0, 0.1) is 0 Å². The van der Waals surface area contributed by atoms with Crippen molar-refractivity contribution in [1.29, 1.82) is 0 Å². The second-order valence-electron chi connectivity index (χ2n) is 5.28. The third-order valence-electron chi connectivity index (χ3n) is 3.67. The number of amides is 1. The second kappa shape index (κ2) is 6.10. The van der Waals surface area contributed by atoms with Gasteiger partial charge in [-0.25, -0.2) is 4.98 Å². The summed E-state index contributed by atoms with van der Waals surface area (Å²) in [6.07, 6.45) is 3.23. The van der Waals surface area contributed by atoms with E-state index in [1.165, 1.54) is 0 Å². The van der Waals surface area contributed by atoms with Gasteiger partial charge in [0.2, 0.25) is 5.91 Å². The van der Waals surface area contributed by atoms with Gasteiger partial charge in [-0.05, 0) is 25.3 Å². The van der Waals surface area contributed by atoms with Crippen molar-refractivity contribution in [1.82, 2.24) is 15.3 Å². The van der Waals surface area contributed by atoms with Crippen LogP contribution in [0.3, 0.4) is 0 Å². The Morgan fingerprint density at radius 3 is 2.95 bits per heavy atom. The van der Waals surface area contributed by atoms with Gasteiger partial charge in [0.15, 0.2) is 0 Å². The average Bonchev–Trinajstić information content (AvgIpc) is 3.20. The lowest BCUT2D eigenvalue weighted by molar-refractivity contribution is -0.130. The Morgan fingerprint density at radius 2 is 2.24 bits per heavy atom. The van der Waals surface area contributed by atoms with Crippen LogP contribution in [0.15, 0.2) is 36.5 Å². The molecular weight excluding hydrogens is 266 g/mol. The van der Waals surface area contributed by atoms with Gasteiger partial charge in [-0.1, -0.05) is 30.3 Å². The van der Waals surface area contributed by atoms with Crippen LogP contribution in [0.2, 0.25) is 0 Å². The Bertz CT molecular complexity index is 603. The molecule has 1 aliphatic rings. The lowest BCUT2D eigenvalue weighted by Gasteiger charge is -2.15. The van der Waals surface area contributed by atoms with E-state index in [1.54, 1.807) is 6.20 Å². The van der Waals surface area contributed by atoms with Crippen molar-refractivity contribution in [3.8, 4) is 11.3 Å². The molecule has 21 heavy (non-hydrogen) atoms. The van der Waals surface area contributed by atoms with E-state index >= 15 is 0 Å². The Balaban J connectivity index is 1.66. The number of imidazole rings is 1. The predicted octanol–water partition coefficient (Wildman–Crippen LogP) is 2.43. The molecule has 0 aliphatic carbocycles. The molecule has 5 nitrogen and oxygen atoms in total. The van der Waals surface area contributed by atoms with Crippen LogP contribution in [-0.2, 0) is 9.53 Å². The highest BCUT2D eigenvalue weighted by molar-refractivity contribution is 5.81. The number of aromatic amines is 1. The summed E-state index contributed by atoms with van der Waals surface area (Å²) in [5.74, 6) is 0.692. The number of ether oxygens (including phenoxy) is 1. The van der Waals surface area contributed by atoms with E-state index in [4.69, 9.17) is 4.74 Å². The van der Waals surface area contributed by atoms with Crippen molar-refractivity contribution < 1.29 is 9.53 Å². The number of H-pyrrole nitrogens is 1. The number of nitrogens with zero attached hydrogens (tertiary/aromatic N) is 1. The van der Waals surface area contributed by atoms with E-state index in [9.17, 15) is 4.79 Å². The van der Waals surface area contributed by atoms with Crippen molar-refractivity contribution in [3.05, 3.63) is 42.4 Å². The molecule has 1 aromatic heterocycles. The molecule has 0 spiro atoms. The molecule has 2 heterocycles. The van der Waals surface area contributed by atoms with Gasteiger partial charge in [-0.3, -0.25) is 4.79 Å². The SMILES string of the molecule is C[C@@H](NC(=O)[C@@H]1CCCO1)c1ncc(-c2ccccc2)[nH]1. The molecule has 5 heteroatoms. The maximum absolute atomic E-state index is 12.0. The lowest BCUT2D eigenvalue weighted by Crippen LogP contribution is -2.36. The number of nitrogens with one attached hydrogen (secondary N) is 2. The second-order valence-corrected chi connectivity index (χ2v) is 5.28. The first-order valence-corrected chi connectivity index (χ1v) is 7.26. The highest BCUT2D eigenvalue weighted by Crippen LogP contribution is 2.19. The van der Waals surface area contributed by atoms with E-state index in [-0.39, 0.29) is 18.1 Å². The summed E-state index contributed by atoms with van der Waals surface area (Å²) in [4.78, 5) is 19.6. The summed E-state index contributed by atoms with van der Waals surface area (Å²) in [5, 5.41) is 2.95. The summed E-state index contributed by atoms with van der Waals surface area (Å²) in [7, 11) is 0. The molecule has 2 atom stereocenters. The van der Waals surface area contributed by atoms with Gasteiger partial charge in [-0.2, -0.15) is 0 Å². The first-order valence-electron chi connectivity index (χ1n) is 7.26. The highest BCUT2D eigenvalue weighted by Gasteiger charge is 2.25. The van der Waals surface area contributed by atoms with Gasteiger partial charge >= 0.3 is 0 Å². The maximum atomic E-state index is 12.0. The largest absolute Gasteiger partial charge is 0.368 e. The number of carbonyl (C=O) groups is 1. The van der Waals surface area contributed by atoms with Gasteiger partial charge in [0.25, 0.3) is 0 Å². The lowest BCUT2D eigenvalue weighted by atomic mass is 10.2. The van der Waals surface area contributed by atoms with Crippen LogP contribution in [0.5, 0.6) is 0 Å². The summed E-state index contributed by atoms with van der Waals surface area (Å²) < 4.78 is 5.38. The molecule has 1 aliphatic heterocycles. The van der Waals surface area contributed by atoms with Crippen LogP contribution >= 0.6 is 0 Å². The zero-order valence-electron chi connectivity index (χ0n) is 12.0. The normalized spacial score (nSPS) is 19.4. The molecule has 3 rings (SSSR count). The fraction of sp³-hybridized carbons (Fsp3) is 0.375. The molecule has 0 saturated carbocycles. The van der Waals surface area contributed by atoms with Crippen LogP contribution in [0.25, 0.3) is 11.3 Å². The van der Waals surface area contributed by atoms with Crippen molar-refractivity contribution in [3.63, 3.8) is 0 Å². The smallest absolute Gasteiger partial charge is 0.249 e. The van der Waals surface area contributed by atoms with Gasteiger partial charge in [0.05, 0.1) is 17.9 Å². The number of benzene rings is 1. The van der Waals surface area contributed by atoms with Crippen LogP contribution in [0.4, 0.5) is 0 Å². The standard InChI is InChI=1S/C16H19N3O2/c1-11(18-16(20)14-8-5-9-21-14)15-17-10-13(19-15)12-6-3-2-4-7-12/h2-4,6-7,10-11,14H,5,8-9H2,1H3,(H,17,19)(H,18,20)/t11-,14+/m1/s1. The Morgan fingerprint density at radius 1 is 1.43 bits per heavy atom. The quantitative estimate of drug-likeness (QED) is 0.906. The third kappa shape index (κ3) is 3.13. The van der Waals surface area contributed by atoms with Gasteiger partial charge in [-0.15, -0.1) is 0 Å². The topological polar surface area (TPSA) is 67.0 Å². The maximum Gasteiger partial charge on any atom is 0.249 e. The molecule has 0 unspecified atom stereocenters. The van der Waals surface area contributed by atoms with Crippen molar-refractivity contribution in [2.75, 3.05) is 6.61 Å². The molecular formula is C16H19N3O2. The number of hydrogen-bond donors (Lipinski definition) is 2. The molecule has 1 aromatic carbocycles. The van der Waals surface area contributed by atoms with Crippen LogP contribution in [0.1, 0.15) is 31.6 Å². The molecule has 1 amide bonds. The third-order valence-corrected chi connectivity index (χ3v) is 3.67. The van der Waals surface area contributed by atoms with Gasteiger partial charge in [0.1, 0.15) is 11.9 Å². The minimum Gasteiger partial charge on any atom is -0.368 e. The number of aromatic nitrogens is 2.